The molecule has 0 radical (unpaired) electrons. The first-order valence-corrected chi connectivity index (χ1v) is 5.49. The molecule has 1 aliphatic rings. The van der Waals surface area contributed by atoms with Crippen molar-refractivity contribution in [2.75, 3.05) is 13.2 Å². The van der Waals surface area contributed by atoms with Crippen molar-refractivity contribution in [3.63, 3.8) is 0 Å². The van der Waals surface area contributed by atoms with Crippen molar-refractivity contribution < 1.29 is 19.0 Å². The minimum atomic E-state index is -0.569. The predicted molar refractivity (Wildman–Crippen MR) is 59.8 cm³/mol. The van der Waals surface area contributed by atoms with E-state index in [2.05, 4.69) is 6.58 Å². The predicted octanol–water partition coefficient (Wildman–Crippen LogP) is 1.89. The lowest BCUT2D eigenvalue weighted by Crippen LogP contribution is -2.34. The summed E-state index contributed by atoms with van der Waals surface area (Å²) in [5, 5.41) is 0. The van der Waals surface area contributed by atoms with Crippen molar-refractivity contribution >= 4 is 5.97 Å². The van der Waals surface area contributed by atoms with Gasteiger partial charge in [-0.15, -0.1) is 0 Å². The molecule has 0 aromatic rings. The summed E-state index contributed by atoms with van der Waals surface area (Å²) in [6.45, 7) is 11.8. The minimum Gasteiger partial charge on any atom is -0.459 e. The number of carbonyl (C=O) groups excluding carboxylic acids is 1. The van der Waals surface area contributed by atoms with E-state index in [4.69, 9.17) is 14.2 Å². The first kappa shape index (κ1) is 13.2. The van der Waals surface area contributed by atoms with E-state index in [9.17, 15) is 4.79 Å². The highest BCUT2D eigenvalue weighted by molar-refractivity contribution is 5.86. The maximum absolute atomic E-state index is 11.2. The molecule has 0 aromatic heterocycles. The molecule has 1 fully saturated rings. The van der Waals surface area contributed by atoms with Crippen molar-refractivity contribution in [2.45, 2.75) is 39.6 Å². The molecule has 1 aliphatic heterocycles. The SMILES string of the molecule is C=C(C)C(=O)OCC1COC(C)(C(C)C)O1. The largest absolute Gasteiger partial charge is 0.459 e. The molecule has 1 saturated heterocycles. The third-order valence-electron chi connectivity index (χ3n) is 2.75. The molecule has 0 aromatic carbocycles. The van der Waals surface area contributed by atoms with Crippen LogP contribution in [0.5, 0.6) is 0 Å². The molecule has 0 bridgehead atoms. The van der Waals surface area contributed by atoms with Gasteiger partial charge in [0.25, 0.3) is 0 Å². The summed E-state index contributed by atoms with van der Waals surface area (Å²) >= 11 is 0. The van der Waals surface area contributed by atoms with Crippen molar-refractivity contribution in [3.05, 3.63) is 12.2 Å². The van der Waals surface area contributed by atoms with Crippen LogP contribution in [0.15, 0.2) is 12.2 Å². The van der Waals surface area contributed by atoms with Crippen LogP contribution in [-0.4, -0.2) is 31.1 Å². The number of carbonyl (C=O) groups is 1. The second kappa shape index (κ2) is 4.97. The number of hydrogen-bond acceptors (Lipinski definition) is 4. The Morgan fingerprint density at radius 2 is 2.25 bits per heavy atom. The van der Waals surface area contributed by atoms with Crippen molar-refractivity contribution in [2.24, 2.45) is 5.92 Å². The Morgan fingerprint density at radius 3 is 2.69 bits per heavy atom. The monoisotopic (exact) mass is 228 g/mol. The van der Waals surface area contributed by atoms with Gasteiger partial charge in [0.1, 0.15) is 12.7 Å². The molecular weight excluding hydrogens is 208 g/mol. The minimum absolute atomic E-state index is 0.185. The summed E-state index contributed by atoms with van der Waals surface area (Å²) in [5.41, 5.74) is 0.394. The van der Waals surface area contributed by atoms with Gasteiger partial charge in [0, 0.05) is 11.5 Å². The number of esters is 1. The van der Waals surface area contributed by atoms with Gasteiger partial charge in [-0.1, -0.05) is 20.4 Å². The average molecular weight is 228 g/mol. The maximum atomic E-state index is 11.2. The molecule has 2 unspecified atom stereocenters. The Hall–Kier alpha value is -0.870. The highest BCUT2D eigenvalue weighted by Gasteiger charge is 2.40. The smallest absolute Gasteiger partial charge is 0.333 e. The molecule has 2 atom stereocenters. The summed E-state index contributed by atoms with van der Waals surface area (Å²) in [6.07, 6.45) is -0.185. The van der Waals surface area contributed by atoms with Crippen molar-refractivity contribution in [1.82, 2.24) is 0 Å². The number of ether oxygens (including phenoxy) is 3. The Kier molecular flexibility index (Phi) is 4.10. The fourth-order valence-electron chi connectivity index (χ4n) is 1.33. The molecule has 1 heterocycles. The molecule has 4 nitrogen and oxygen atoms in total. The van der Waals surface area contributed by atoms with Crippen LogP contribution in [0.2, 0.25) is 0 Å². The van der Waals surface area contributed by atoms with E-state index < -0.39 is 5.79 Å². The quantitative estimate of drug-likeness (QED) is 0.544. The Bertz CT molecular complexity index is 285. The summed E-state index contributed by atoms with van der Waals surface area (Å²) in [6, 6.07) is 0. The van der Waals surface area contributed by atoms with Crippen LogP contribution < -0.4 is 0 Å². The second-order valence-corrected chi connectivity index (χ2v) is 4.60. The molecule has 0 aliphatic carbocycles. The zero-order chi connectivity index (χ0) is 12.3. The topological polar surface area (TPSA) is 44.8 Å². The lowest BCUT2D eigenvalue weighted by Gasteiger charge is -2.27. The number of rotatable bonds is 4. The Balaban J connectivity index is 2.38. The van der Waals surface area contributed by atoms with Gasteiger partial charge in [0.15, 0.2) is 5.79 Å². The average Bonchev–Trinajstić information content (AvgIpc) is 2.58. The van der Waals surface area contributed by atoms with Gasteiger partial charge in [0.05, 0.1) is 6.61 Å². The zero-order valence-electron chi connectivity index (χ0n) is 10.4. The van der Waals surface area contributed by atoms with Crippen LogP contribution in [0.25, 0.3) is 0 Å². The summed E-state index contributed by atoms with van der Waals surface area (Å²) in [4.78, 5) is 11.2. The van der Waals surface area contributed by atoms with Gasteiger partial charge in [-0.25, -0.2) is 4.79 Å². The maximum Gasteiger partial charge on any atom is 0.333 e. The first-order chi connectivity index (χ1) is 7.35. The molecule has 0 N–H and O–H groups in total. The van der Waals surface area contributed by atoms with Gasteiger partial charge < -0.3 is 14.2 Å². The standard InChI is InChI=1S/C12H20O4/c1-8(2)11(13)14-6-10-7-15-12(5,16-10)9(3)4/h9-10H,1,6-7H2,2-5H3. The normalized spacial score (nSPS) is 29.4. The third-order valence-corrected chi connectivity index (χ3v) is 2.75. The van der Waals surface area contributed by atoms with E-state index in [-0.39, 0.29) is 24.6 Å². The van der Waals surface area contributed by atoms with E-state index in [0.29, 0.717) is 12.2 Å². The third kappa shape index (κ3) is 3.06. The van der Waals surface area contributed by atoms with Gasteiger partial charge >= 0.3 is 5.97 Å². The molecule has 16 heavy (non-hydrogen) atoms. The van der Waals surface area contributed by atoms with E-state index >= 15 is 0 Å². The van der Waals surface area contributed by atoms with E-state index in [1.807, 2.05) is 20.8 Å². The first-order valence-electron chi connectivity index (χ1n) is 5.49. The molecule has 0 amide bonds. The lowest BCUT2D eigenvalue weighted by atomic mass is 10.1. The zero-order valence-corrected chi connectivity index (χ0v) is 10.4. The van der Waals surface area contributed by atoms with Crippen molar-refractivity contribution in [3.8, 4) is 0 Å². The molecule has 0 saturated carbocycles. The van der Waals surface area contributed by atoms with Crippen LogP contribution in [0.1, 0.15) is 27.7 Å². The van der Waals surface area contributed by atoms with Crippen LogP contribution in [-0.2, 0) is 19.0 Å². The van der Waals surface area contributed by atoms with Gasteiger partial charge in [-0.3, -0.25) is 0 Å². The van der Waals surface area contributed by atoms with Gasteiger partial charge in [-0.05, 0) is 13.8 Å². The van der Waals surface area contributed by atoms with E-state index in [0.717, 1.165) is 0 Å². The van der Waals surface area contributed by atoms with Crippen LogP contribution in [0, 0.1) is 5.92 Å². The van der Waals surface area contributed by atoms with E-state index in [1.165, 1.54) is 0 Å². The van der Waals surface area contributed by atoms with Crippen LogP contribution in [0.3, 0.4) is 0 Å². The summed E-state index contributed by atoms with van der Waals surface area (Å²) in [5.74, 6) is -0.698. The molecule has 1 rings (SSSR count). The van der Waals surface area contributed by atoms with Crippen LogP contribution in [0.4, 0.5) is 0 Å². The van der Waals surface area contributed by atoms with E-state index in [1.54, 1.807) is 6.92 Å². The van der Waals surface area contributed by atoms with Crippen molar-refractivity contribution in [1.29, 1.82) is 0 Å². The fraction of sp³-hybridized carbons (Fsp3) is 0.750. The lowest BCUT2D eigenvalue weighted by molar-refractivity contribution is -0.188. The summed E-state index contributed by atoms with van der Waals surface area (Å²) < 4.78 is 16.3. The molecule has 92 valence electrons. The molecule has 0 spiro atoms. The highest BCUT2D eigenvalue weighted by atomic mass is 16.8. The van der Waals surface area contributed by atoms with Crippen LogP contribution >= 0.6 is 0 Å². The molecule has 4 heteroatoms. The van der Waals surface area contributed by atoms with Gasteiger partial charge in [-0.2, -0.15) is 0 Å². The fourth-order valence-corrected chi connectivity index (χ4v) is 1.33. The summed E-state index contributed by atoms with van der Waals surface area (Å²) in [7, 11) is 0. The van der Waals surface area contributed by atoms with Gasteiger partial charge in [0.2, 0.25) is 0 Å². The second-order valence-electron chi connectivity index (χ2n) is 4.60. The Morgan fingerprint density at radius 1 is 1.62 bits per heavy atom. The Labute approximate surface area is 96.6 Å². The number of hydrogen-bond donors (Lipinski definition) is 0. The highest BCUT2D eigenvalue weighted by Crippen LogP contribution is 2.30. The molecular formula is C12H20O4.